The predicted molar refractivity (Wildman–Crippen MR) is 273 cm³/mol. The zero-order chi connectivity index (χ0) is 49.2. The lowest BCUT2D eigenvalue weighted by Gasteiger charge is -2.44. The first kappa shape index (κ1) is 51.7. The average molecular weight is 1010 g/mol. The van der Waals surface area contributed by atoms with Crippen molar-refractivity contribution >= 4 is 65.1 Å². The Morgan fingerprint density at radius 3 is 1.59 bits per heavy atom. The maximum Gasteiger partial charge on any atom is 0.338 e. The Balaban J connectivity index is 0.00000741. The fourth-order valence-electron chi connectivity index (χ4n) is 7.33. The van der Waals surface area contributed by atoms with Crippen LogP contribution in [0.2, 0.25) is 0 Å². The van der Waals surface area contributed by atoms with Gasteiger partial charge in [-0.1, -0.05) is 132 Å². The lowest BCUT2D eigenvalue weighted by atomic mass is 9.98. The monoisotopic (exact) mass is 1010 g/mol. The molecular formula is C55H51ClN4O9S2. The van der Waals surface area contributed by atoms with Crippen molar-refractivity contribution in [2.24, 2.45) is 9.98 Å². The molecule has 5 atom stereocenters. The van der Waals surface area contributed by atoms with Gasteiger partial charge >= 0.3 is 23.9 Å². The average Bonchev–Trinajstić information content (AvgIpc) is 3.36. The number of ether oxygens (including phenoxy) is 5. The molecule has 13 nitrogen and oxygen atoms in total. The smallest absolute Gasteiger partial charge is 0.338 e. The van der Waals surface area contributed by atoms with Crippen molar-refractivity contribution in [1.29, 1.82) is 0 Å². The number of carbonyl (C=O) groups is 4. The molecule has 0 N–H and O–H groups in total. The summed E-state index contributed by atoms with van der Waals surface area (Å²) in [5, 5.41) is 0.306. The first-order valence-electron chi connectivity index (χ1n) is 22.5. The summed E-state index contributed by atoms with van der Waals surface area (Å²) in [6, 6.07) is 48.6. The van der Waals surface area contributed by atoms with E-state index in [-0.39, 0.29) is 34.7 Å². The molecule has 0 radical (unpaired) electrons. The van der Waals surface area contributed by atoms with Crippen molar-refractivity contribution in [1.82, 2.24) is 9.55 Å². The fourth-order valence-corrected chi connectivity index (χ4v) is 9.66. The summed E-state index contributed by atoms with van der Waals surface area (Å²) in [7, 11) is 0. The number of hydrogen-bond donors (Lipinski definition) is 0. The Morgan fingerprint density at radius 2 is 1.08 bits per heavy atom. The molecule has 16 heteroatoms. The molecule has 2 heterocycles. The molecule has 1 fully saturated rings. The van der Waals surface area contributed by atoms with Gasteiger partial charge in [0.15, 0.2) is 33.7 Å². The van der Waals surface area contributed by atoms with Gasteiger partial charge in [-0.2, -0.15) is 4.98 Å². The van der Waals surface area contributed by atoms with Crippen molar-refractivity contribution in [3.05, 3.63) is 213 Å². The molecule has 71 heavy (non-hydrogen) atoms. The first-order chi connectivity index (χ1) is 33.8. The van der Waals surface area contributed by atoms with Crippen LogP contribution in [0.1, 0.15) is 73.3 Å². The van der Waals surface area contributed by atoms with Crippen LogP contribution in [0.3, 0.4) is 0 Å². The van der Waals surface area contributed by atoms with Crippen LogP contribution in [0.5, 0.6) is 0 Å². The molecular weight excluding hydrogens is 960 g/mol. The molecule has 0 spiro atoms. The number of aryl methyl sites for hydroxylation is 2. The summed E-state index contributed by atoms with van der Waals surface area (Å²) < 4.78 is 33.9. The van der Waals surface area contributed by atoms with Crippen molar-refractivity contribution in [3.63, 3.8) is 0 Å². The van der Waals surface area contributed by atoms with Crippen LogP contribution in [0.15, 0.2) is 185 Å². The normalized spacial score (nSPS) is 18.1. The highest BCUT2D eigenvalue weighted by Gasteiger charge is 2.54. The van der Waals surface area contributed by atoms with Crippen LogP contribution in [0.25, 0.3) is 5.69 Å². The number of rotatable bonds is 13. The molecule has 364 valence electrons. The highest BCUT2D eigenvalue weighted by atomic mass is 35.5. The summed E-state index contributed by atoms with van der Waals surface area (Å²) >= 11 is 2.33. The van der Waals surface area contributed by atoms with Gasteiger partial charge in [-0.3, -0.25) is 9.56 Å². The van der Waals surface area contributed by atoms with E-state index in [9.17, 15) is 19.2 Å². The lowest BCUT2D eigenvalue weighted by Crippen LogP contribution is -2.62. The van der Waals surface area contributed by atoms with E-state index in [4.69, 9.17) is 38.7 Å². The summed E-state index contributed by atoms with van der Waals surface area (Å²) in [5.41, 5.74) is 2.26. The molecule has 1 aliphatic rings. The van der Waals surface area contributed by atoms with Crippen LogP contribution in [-0.2, 0) is 23.7 Å². The van der Waals surface area contributed by atoms with Crippen LogP contribution in [0, 0.1) is 13.8 Å². The van der Waals surface area contributed by atoms with Crippen LogP contribution >= 0.6 is 35.5 Å². The van der Waals surface area contributed by atoms with Crippen molar-refractivity contribution in [2.75, 3.05) is 6.61 Å². The fraction of sp³-hybridized carbons (Fsp3) is 0.218. The zero-order valence-electron chi connectivity index (χ0n) is 39.4. The van der Waals surface area contributed by atoms with Gasteiger partial charge in [-0.05, 0) is 107 Å². The van der Waals surface area contributed by atoms with E-state index in [0.717, 1.165) is 28.6 Å². The predicted octanol–water partition coefficient (Wildman–Crippen LogP) is 10.3. The van der Waals surface area contributed by atoms with Gasteiger partial charge in [0, 0.05) is 0 Å². The number of aromatic nitrogens is 2. The van der Waals surface area contributed by atoms with Gasteiger partial charge in [0.1, 0.15) is 12.7 Å². The molecule has 0 saturated carbocycles. The highest BCUT2D eigenvalue weighted by molar-refractivity contribution is 7.99. The van der Waals surface area contributed by atoms with E-state index in [0.29, 0.717) is 20.4 Å². The number of esters is 4. The Bertz CT molecular complexity index is 3100. The Kier molecular flexibility index (Phi) is 17.2. The van der Waals surface area contributed by atoms with Gasteiger partial charge in [-0.25, -0.2) is 24.2 Å². The second-order valence-corrected chi connectivity index (χ2v) is 19.2. The van der Waals surface area contributed by atoms with Crippen molar-refractivity contribution in [2.45, 2.75) is 75.2 Å². The number of thioether (sulfide) groups is 1. The second kappa shape index (κ2) is 23.6. The van der Waals surface area contributed by atoms with Gasteiger partial charge in [0.25, 0.3) is 0 Å². The van der Waals surface area contributed by atoms with E-state index in [2.05, 4.69) is 0 Å². The molecule has 7 aromatic rings. The minimum absolute atomic E-state index is 0. The highest BCUT2D eigenvalue weighted by Crippen LogP contribution is 2.38. The number of hydrogen-bond acceptors (Lipinski definition) is 14. The number of halogens is 1. The van der Waals surface area contributed by atoms with Crippen LogP contribution in [0.4, 0.5) is 5.69 Å². The third-order valence-corrected chi connectivity index (χ3v) is 12.7. The maximum absolute atomic E-state index is 14.4. The molecule has 1 aliphatic heterocycles. The number of nitrogens with zero attached hydrogens (tertiary/aromatic N) is 4. The first-order valence-corrected chi connectivity index (χ1v) is 24.2. The minimum Gasteiger partial charge on any atom is -0.459 e. The molecule has 0 bridgehead atoms. The Morgan fingerprint density at radius 1 is 0.620 bits per heavy atom. The zero-order valence-corrected chi connectivity index (χ0v) is 41.9. The molecule has 0 amide bonds. The van der Waals surface area contributed by atoms with Crippen molar-refractivity contribution < 1.29 is 42.9 Å². The number of carbonyl (C=O) groups excluding carboxylic acids is 4. The van der Waals surface area contributed by atoms with Gasteiger partial charge in [0.2, 0.25) is 4.80 Å². The summed E-state index contributed by atoms with van der Waals surface area (Å²) in [6.45, 7) is 9.43. The summed E-state index contributed by atoms with van der Waals surface area (Å²) in [6.07, 6.45) is -5.94. The lowest BCUT2D eigenvalue weighted by molar-refractivity contribution is -0.207. The van der Waals surface area contributed by atoms with Gasteiger partial charge in [0.05, 0.1) is 39.2 Å². The molecule has 1 saturated heterocycles. The van der Waals surface area contributed by atoms with E-state index in [1.165, 1.54) is 11.3 Å². The van der Waals surface area contributed by atoms with E-state index >= 15 is 0 Å². The Labute approximate surface area is 425 Å². The molecule has 1 unspecified atom stereocenters. The largest absolute Gasteiger partial charge is 0.459 e. The quantitative estimate of drug-likeness (QED) is 0.0800. The SMILES string of the molecule is Cc1ccc(N=c2nc(SC3O[C@H](COC(=O)c4ccccc4)[C@@H](OC(=O)c4ccccc4)[C@H](OC(=O)c4ccccc4)[C@H]3OC(=O)c3ccccc3)n(-c3ccccc3C)c(=NC(C)(C)C)s2)cc1.Cl. The molecule has 8 rings (SSSR count). The van der Waals surface area contributed by atoms with Gasteiger partial charge < -0.3 is 23.7 Å². The van der Waals surface area contributed by atoms with Gasteiger partial charge in [-0.15, -0.1) is 12.4 Å². The van der Waals surface area contributed by atoms with E-state index < -0.39 is 65.9 Å². The Hall–Kier alpha value is -7.17. The van der Waals surface area contributed by atoms with E-state index in [1.807, 2.05) is 87.7 Å². The standard InChI is InChI=1S/C55H50N4O9S2.ClH/c1-35-30-32-41(33-31-35)56-52-57-53(59(42-29-19-18-20-36(42)2)54(70-52)58-55(3,4)5)69-51-46(68-50(63)40-27-16-9-17-28-40)45(67-49(62)39-25-14-8-15-26-39)44(66-48(61)38-23-12-7-13-24-38)43(65-51)34-64-47(60)37-21-10-6-11-22-37;/h6-33,43-46,51H,34H2,1-5H3;1H/t43-,44-,45+,46-,51?;/m1./s1. The third kappa shape index (κ3) is 13.4. The number of benzene rings is 6. The molecule has 0 aliphatic carbocycles. The summed E-state index contributed by atoms with van der Waals surface area (Å²) in [5.74, 6) is -3.07. The van der Waals surface area contributed by atoms with Crippen LogP contribution < -0.4 is 9.60 Å². The number of para-hydroxylation sites is 1. The topological polar surface area (TPSA) is 157 Å². The van der Waals surface area contributed by atoms with Crippen molar-refractivity contribution in [3.8, 4) is 5.69 Å². The second-order valence-electron chi connectivity index (χ2n) is 17.2. The summed E-state index contributed by atoms with van der Waals surface area (Å²) in [4.78, 5) is 72.7. The van der Waals surface area contributed by atoms with Crippen LogP contribution in [-0.4, -0.2) is 75.4 Å². The maximum atomic E-state index is 14.4. The minimum atomic E-state index is -1.58. The van der Waals surface area contributed by atoms with E-state index in [1.54, 1.807) is 121 Å². The third-order valence-electron chi connectivity index (χ3n) is 10.8. The molecule has 1 aromatic heterocycles. The molecule has 6 aromatic carbocycles.